The van der Waals surface area contributed by atoms with E-state index in [0.29, 0.717) is 0 Å². The molecule has 0 aliphatic heterocycles. The third-order valence-corrected chi connectivity index (χ3v) is 3.46. The molecule has 0 atom stereocenters. The van der Waals surface area contributed by atoms with Crippen LogP contribution in [0.3, 0.4) is 0 Å². The van der Waals surface area contributed by atoms with E-state index < -0.39 is 0 Å². The summed E-state index contributed by atoms with van der Waals surface area (Å²) in [5.74, 6) is 0. The standard InChI is InChI=1S/C19H19N3/c1-19(2,3)18(16-10-4-5-12-20-16)22-15-11-6-8-14-9-7-13-21-17(14)15/h4-13H,1-3H3. The van der Waals surface area contributed by atoms with E-state index in [1.807, 2.05) is 36.4 Å². The van der Waals surface area contributed by atoms with E-state index in [2.05, 4.69) is 42.9 Å². The first-order valence-electron chi connectivity index (χ1n) is 7.40. The largest absolute Gasteiger partial charge is 0.255 e. The third-order valence-electron chi connectivity index (χ3n) is 3.46. The lowest BCUT2D eigenvalue weighted by atomic mass is 9.87. The van der Waals surface area contributed by atoms with Gasteiger partial charge in [0, 0.05) is 23.2 Å². The van der Waals surface area contributed by atoms with Crippen molar-refractivity contribution in [2.45, 2.75) is 20.8 Å². The lowest BCUT2D eigenvalue weighted by Gasteiger charge is -2.21. The SMILES string of the molecule is CC(C)(C)C(=Nc1cccc2cccnc12)c1ccccn1. The van der Waals surface area contributed by atoms with Crippen molar-refractivity contribution >= 4 is 22.3 Å². The molecule has 0 saturated carbocycles. The van der Waals surface area contributed by atoms with Gasteiger partial charge in [-0.2, -0.15) is 0 Å². The highest BCUT2D eigenvalue weighted by atomic mass is 14.8. The van der Waals surface area contributed by atoms with Crippen molar-refractivity contribution in [3.8, 4) is 0 Å². The molecule has 1 aromatic carbocycles. The van der Waals surface area contributed by atoms with Crippen molar-refractivity contribution in [2.75, 3.05) is 0 Å². The van der Waals surface area contributed by atoms with Crippen LogP contribution < -0.4 is 0 Å². The zero-order chi connectivity index (χ0) is 15.6. The highest BCUT2D eigenvalue weighted by Gasteiger charge is 2.22. The summed E-state index contributed by atoms with van der Waals surface area (Å²) in [5, 5.41) is 1.10. The average molecular weight is 289 g/mol. The van der Waals surface area contributed by atoms with Gasteiger partial charge in [0.2, 0.25) is 0 Å². The molecule has 2 heterocycles. The predicted molar refractivity (Wildman–Crippen MR) is 91.6 cm³/mol. The summed E-state index contributed by atoms with van der Waals surface area (Å²) in [6, 6.07) is 16.0. The zero-order valence-corrected chi connectivity index (χ0v) is 13.1. The molecule has 3 aromatic rings. The number of aromatic nitrogens is 2. The van der Waals surface area contributed by atoms with E-state index in [9.17, 15) is 0 Å². The molecule has 3 heteroatoms. The smallest absolute Gasteiger partial charge is 0.0958 e. The van der Waals surface area contributed by atoms with Gasteiger partial charge in [0.1, 0.15) is 0 Å². The quantitative estimate of drug-likeness (QED) is 0.636. The van der Waals surface area contributed by atoms with Crippen LogP contribution in [-0.2, 0) is 0 Å². The van der Waals surface area contributed by atoms with Gasteiger partial charge in [0.05, 0.1) is 22.6 Å². The molecule has 3 rings (SSSR count). The Morgan fingerprint density at radius 2 is 1.64 bits per heavy atom. The number of benzene rings is 1. The molecule has 110 valence electrons. The predicted octanol–water partition coefficient (Wildman–Crippen LogP) is 4.80. The van der Waals surface area contributed by atoms with Gasteiger partial charge >= 0.3 is 0 Å². The second-order valence-corrected chi connectivity index (χ2v) is 6.28. The van der Waals surface area contributed by atoms with Gasteiger partial charge in [0.25, 0.3) is 0 Å². The molecule has 3 nitrogen and oxygen atoms in total. The van der Waals surface area contributed by atoms with Crippen molar-refractivity contribution < 1.29 is 0 Å². The summed E-state index contributed by atoms with van der Waals surface area (Å²) < 4.78 is 0. The first-order chi connectivity index (χ1) is 10.6. The Morgan fingerprint density at radius 1 is 0.864 bits per heavy atom. The average Bonchev–Trinajstić information content (AvgIpc) is 2.52. The Balaban J connectivity index is 2.21. The zero-order valence-electron chi connectivity index (χ0n) is 13.1. The van der Waals surface area contributed by atoms with Crippen molar-refractivity contribution in [1.82, 2.24) is 9.97 Å². The van der Waals surface area contributed by atoms with Gasteiger partial charge in [-0.25, -0.2) is 4.99 Å². The van der Waals surface area contributed by atoms with Gasteiger partial charge in [-0.15, -0.1) is 0 Å². The van der Waals surface area contributed by atoms with Crippen LogP contribution in [0.25, 0.3) is 10.9 Å². The van der Waals surface area contributed by atoms with Crippen molar-refractivity contribution in [3.63, 3.8) is 0 Å². The maximum atomic E-state index is 4.92. The monoisotopic (exact) mass is 289 g/mol. The summed E-state index contributed by atoms with van der Waals surface area (Å²) in [7, 11) is 0. The van der Waals surface area contributed by atoms with Gasteiger partial charge in [-0.3, -0.25) is 9.97 Å². The minimum Gasteiger partial charge on any atom is -0.255 e. The fraction of sp³-hybridized carbons (Fsp3) is 0.211. The number of pyridine rings is 2. The first-order valence-corrected chi connectivity index (χ1v) is 7.40. The Hall–Kier alpha value is -2.55. The first kappa shape index (κ1) is 14.4. The fourth-order valence-electron chi connectivity index (χ4n) is 2.41. The second-order valence-electron chi connectivity index (χ2n) is 6.28. The molecule has 2 aromatic heterocycles. The highest BCUT2D eigenvalue weighted by Crippen LogP contribution is 2.28. The van der Waals surface area contributed by atoms with E-state index in [1.165, 1.54) is 0 Å². The second kappa shape index (κ2) is 5.68. The number of aliphatic imine (C=N–C) groups is 1. The Labute approximate surface area is 130 Å². The summed E-state index contributed by atoms with van der Waals surface area (Å²) in [6.07, 6.45) is 3.61. The van der Waals surface area contributed by atoms with Crippen LogP contribution in [0, 0.1) is 5.41 Å². The van der Waals surface area contributed by atoms with Crippen LogP contribution in [-0.4, -0.2) is 15.7 Å². The van der Waals surface area contributed by atoms with Crippen molar-refractivity contribution in [2.24, 2.45) is 10.4 Å². The minimum absolute atomic E-state index is 0.106. The van der Waals surface area contributed by atoms with Crippen LogP contribution in [0.5, 0.6) is 0 Å². The van der Waals surface area contributed by atoms with Gasteiger partial charge in [-0.1, -0.05) is 45.0 Å². The van der Waals surface area contributed by atoms with Crippen LogP contribution in [0.1, 0.15) is 26.5 Å². The van der Waals surface area contributed by atoms with Crippen LogP contribution in [0.2, 0.25) is 0 Å². The van der Waals surface area contributed by atoms with Crippen LogP contribution >= 0.6 is 0 Å². The summed E-state index contributed by atoms with van der Waals surface area (Å²) >= 11 is 0. The van der Waals surface area contributed by atoms with E-state index in [0.717, 1.165) is 28.0 Å². The van der Waals surface area contributed by atoms with E-state index in [4.69, 9.17) is 4.99 Å². The number of para-hydroxylation sites is 1. The molecule has 0 saturated heterocycles. The van der Waals surface area contributed by atoms with Crippen LogP contribution in [0.4, 0.5) is 5.69 Å². The van der Waals surface area contributed by atoms with Gasteiger partial charge in [0.15, 0.2) is 0 Å². The lowest BCUT2D eigenvalue weighted by Crippen LogP contribution is -2.22. The Bertz CT molecular complexity index is 809. The molecule has 0 unspecified atom stereocenters. The molecule has 0 radical (unpaired) electrons. The fourth-order valence-corrected chi connectivity index (χ4v) is 2.41. The number of nitrogens with zero attached hydrogens (tertiary/aromatic N) is 3. The summed E-state index contributed by atoms with van der Waals surface area (Å²) in [6.45, 7) is 6.46. The number of fused-ring (bicyclic) bond motifs is 1. The Kier molecular flexibility index (Phi) is 3.72. The molecule has 0 bridgehead atoms. The van der Waals surface area contributed by atoms with E-state index in [-0.39, 0.29) is 5.41 Å². The molecule has 0 spiro atoms. The number of rotatable bonds is 2. The maximum absolute atomic E-state index is 4.92. The van der Waals surface area contributed by atoms with Gasteiger partial charge in [-0.05, 0) is 24.3 Å². The highest BCUT2D eigenvalue weighted by molar-refractivity contribution is 6.05. The topological polar surface area (TPSA) is 38.1 Å². The number of hydrogen-bond acceptors (Lipinski definition) is 3. The third kappa shape index (κ3) is 2.89. The molecular formula is C19H19N3. The summed E-state index contributed by atoms with van der Waals surface area (Å²) in [4.78, 5) is 13.9. The lowest BCUT2D eigenvalue weighted by molar-refractivity contribution is 0.590. The molecule has 0 fully saturated rings. The van der Waals surface area contributed by atoms with E-state index >= 15 is 0 Å². The van der Waals surface area contributed by atoms with Gasteiger partial charge < -0.3 is 0 Å². The molecule has 22 heavy (non-hydrogen) atoms. The maximum Gasteiger partial charge on any atom is 0.0958 e. The number of hydrogen-bond donors (Lipinski definition) is 0. The minimum atomic E-state index is -0.106. The molecule has 0 N–H and O–H groups in total. The molecule has 0 aliphatic rings. The van der Waals surface area contributed by atoms with Crippen LogP contribution in [0.15, 0.2) is 65.9 Å². The molecule has 0 amide bonds. The molecule has 0 aliphatic carbocycles. The molecular weight excluding hydrogens is 270 g/mol. The summed E-state index contributed by atoms with van der Waals surface area (Å²) in [5.41, 5.74) is 3.57. The van der Waals surface area contributed by atoms with Crippen molar-refractivity contribution in [1.29, 1.82) is 0 Å². The van der Waals surface area contributed by atoms with Crippen molar-refractivity contribution in [3.05, 3.63) is 66.6 Å². The normalized spacial score (nSPS) is 12.6. The van der Waals surface area contributed by atoms with E-state index in [1.54, 1.807) is 12.4 Å². The Morgan fingerprint density at radius 3 is 2.36 bits per heavy atom.